The summed E-state index contributed by atoms with van der Waals surface area (Å²) in [5, 5.41) is 12.7. The van der Waals surface area contributed by atoms with E-state index in [4.69, 9.17) is 0 Å². The number of nitrogens with one attached hydrogen (secondary N) is 1. The number of anilines is 1. The molecule has 1 saturated heterocycles. The fraction of sp³-hybridized carbons (Fsp3) is 0.533. The van der Waals surface area contributed by atoms with Crippen LogP contribution >= 0.6 is 0 Å². The molecule has 4 heteroatoms. The molecule has 4 nitrogen and oxygen atoms in total. The van der Waals surface area contributed by atoms with Crippen LogP contribution in [0.5, 0.6) is 0 Å². The maximum Gasteiger partial charge on any atom is 0.125 e. The van der Waals surface area contributed by atoms with Crippen molar-refractivity contribution in [2.24, 2.45) is 0 Å². The summed E-state index contributed by atoms with van der Waals surface area (Å²) in [6, 6.07) is 4.31. The lowest BCUT2D eigenvalue weighted by Crippen LogP contribution is -2.44. The van der Waals surface area contributed by atoms with Crippen LogP contribution in [0.25, 0.3) is 6.08 Å². The van der Waals surface area contributed by atoms with Crippen molar-refractivity contribution in [1.29, 1.82) is 0 Å². The lowest BCUT2D eigenvalue weighted by molar-refractivity contribution is 0.0940. The van der Waals surface area contributed by atoms with E-state index in [0.29, 0.717) is 6.04 Å². The minimum Gasteiger partial charge on any atom is -0.395 e. The third-order valence-electron chi connectivity index (χ3n) is 3.69. The normalized spacial score (nSPS) is 20.2. The zero-order valence-corrected chi connectivity index (χ0v) is 11.4. The quantitative estimate of drug-likeness (QED) is 0.822. The van der Waals surface area contributed by atoms with Crippen molar-refractivity contribution in [3.05, 3.63) is 30.5 Å². The van der Waals surface area contributed by atoms with E-state index in [9.17, 15) is 5.11 Å². The number of nitrogens with zero attached hydrogens (tertiary/aromatic N) is 2. The fourth-order valence-corrected chi connectivity index (χ4v) is 2.52. The molecule has 0 radical (unpaired) electrons. The zero-order valence-electron chi connectivity index (χ0n) is 11.4. The van der Waals surface area contributed by atoms with Crippen molar-refractivity contribution in [3.8, 4) is 0 Å². The Morgan fingerprint density at radius 2 is 2.37 bits per heavy atom. The highest BCUT2D eigenvalue weighted by Gasteiger charge is 2.20. The number of aliphatic hydroxyl groups excluding tert-OH is 1. The predicted octanol–water partition coefficient (Wildman–Crippen LogP) is 1.98. The highest BCUT2D eigenvalue weighted by atomic mass is 16.3. The summed E-state index contributed by atoms with van der Waals surface area (Å²) in [4.78, 5) is 6.69. The molecule has 1 aromatic heterocycles. The van der Waals surface area contributed by atoms with Crippen LogP contribution in [0.3, 0.4) is 0 Å². The van der Waals surface area contributed by atoms with Gasteiger partial charge in [-0.1, -0.05) is 19.1 Å². The molecule has 0 aromatic carbocycles. The van der Waals surface area contributed by atoms with Crippen molar-refractivity contribution in [1.82, 2.24) is 9.88 Å². The largest absolute Gasteiger partial charge is 0.395 e. The molecule has 0 saturated carbocycles. The van der Waals surface area contributed by atoms with Gasteiger partial charge in [-0.15, -0.1) is 0 Å². The van der Waals surface area contributed by atoms with Crippen molar-refractivity contribution >= 4 is 11.9 Å². The van der Waals surface area contributed by atoms with Gasteiger partial charge < -0.3 is 10.4 Å². The van der Waals surface area contributed by atoms with Crippen LogP contribution in [0, 0.1) is 0 Å². The number of aromatic nitrogens is 1. The molecule has 1 unspecified atom stereocenters. The van der Waals surface area contributed by atoms with E-state index < -0.39 is 0 Å². The van der Waals surface area contributed by atoms with Gasteiger partial charge in [0.2, 0.25) is 0 Å². The van der Waals surface area contributed by atoms with E-state index >= 15 is 0 Å². The molecule has 2 heterocycles. The monoisotopic (exact) mass is 261 g/mol. The number of hydrogen-bond acceptors (Lipinski definition) is 4. The van der Waals surface area contributed by atoms with Gasteiger partial charge in [0, 0.05) is 25.3 Å². The SMILES string of the molecule is C=Cc1ccc(NCCN2CCCCC2CO)nc1. The summed E-state index contributed by atoms with van der Waals surface area (Å²) in [6.07, 6.45) is 7.19. The van der Waals surface area contributed by atoms with Crippen molar-refractivity contribution < 1.29 is 5.11 Å². The van der Waals surface area contributed by atoms with E-state index in [-0.39, 0.29) is 6.61 Å². The van der Waals surface area contributed by atoms with Crippen LogP contribution in [-0.2, 0) is 0 Å². The Labute approximate surface area is 115 Å². The smallest absolute Gasteiger partial charge is 0.125 e. The summed E-state index contributed by atoms with van der Waals surface area (Å²) in [5.41, 5.74) is 1.03. The van der Waals surface area contributed by atoms with Gasteiger partial charge in [-0.2, -0.15) is 0 Å². The van der Waals surface area contributed by atoms with Gasteiger partial charge in [0.15, 0.2) is 0 Å². The maximum absolute atomic E-state index is 9.35. The standard InChI is InChI=1S/C15H23N3O/c1-2-13-6-7-15(17-11-13)16-8-10-18-9-4-3-5-14(18)12-19/h2,6-7,11,14,19H,1,3-5,8-10,12H2,(H,16,17). The number of hydrogen-bond donors (Lipinski definition) is 2. The lowest BCUT2D eigenvalue weighted by atomic mass is 10.0. The lowest BCUT2D eigenvalue weighted by Gasteiger charge is -2.34. The molecule has 1 fully saturated rings. The number of likely N-dealkylation sites (tertiary alicyclic amines) is 1. The van der Waals surface area contributed by atoms with Gasteiger partial charge in [0.1, 0.15) is 5.82 Å². The van der Waals surface area contributed by atoms with Gasteiger partial charge >= 0.3 is 0 Å². The van der Waals surface area contributed by atoms with Gasteiger partial charge in [-0.25, -0.2) is 4.98 Å². The maximum atomic E-state index is 9.35. The Hall–Kier alpha value is -1.39. The second-order valence-corrected chi connectivity index (χ2v) is 4.98. The molecule has 0 amide bonds. The number of piperidine rings is 1. The molecule has 1 aliphatic rings. The second kappa shape index (κ2) is 7.26. The minimum atomic E-state index is 0.270. The molecular formula is C15H23N3O. The number of aliphatic hydroxyl groups is 1. The minimum absolute atomic E-state index is 0.270. The Morgan fingerprint density at radius 1 is 1.47 bits per heavy atom. The first-order valence-electron chi connectivity index (χ1n) is 7.01. The van der Waals surface area contributed by atoms with Gasteiger partial charge in [0.25, 0.3) is 0 Å². The number of rotatable bonds is 6. The first kappa shape index (κ1) is 14.0. The average Bonchev–Trinajstić information content (AvgIpc) is 2.48. The molecular weight excluding hydrogens is 238 g/mol. The fourth-order valence-electron chi connectivity index (χ4n) is 2.52. The van der Waals surface area contributed by atoms with Crippen molar-refractivity contribution in [2.45, 2.75) is 25.3 Å². The van der Waals surface area contributed by atoms with E-state index in [1.807, 2.05) is 18.3 Å². The van der Waals surface area contributed by atoms with E-state index in [0.717, 1.165) is 37.4 Å². The Bertz CT molecular complexity index is 391. The van der Waals surface area contributed by atoms with Gasteiger partial charge in [-0.05, 0) is 37.1 Å². The van der Waals surface area contributed by atoms with Crippen LogP contribution in [0.4, 0.5) is 5.82 Å². The first-order valence-corrected chi connectivity index (χ1v) is 7.01. The molecule has 0 spiro atoms. The molecule has 1 aromatic rings. The summed E-state index contributed by atoms with van der Waals surface area (Å²) in [6.45, 7) is 6.89. The third kappa shape index (κ3) is 4.04. The molecule has 104 valence electrons. The summed E-state index contributed by atoms with van der Waals surface area (Å²) >= 11 is 0. The van der Waals surface area contributed by atoms with E-state index in [1.165, 1.54) is 12.8 Å². The molecule has 0 bridgehead atoms. The topological polar surface area (TPSA) is 48.4 Å². The van der Waals surface area contributed by atoms with Crippen LogP contribution in [0.2, 0.25) is 0 Å². The van der Waals surface area contributed by atoms with Gasteiger partial charge in [0.05, 0.1) is 6.61 Å². The van der Waals surface area contributed by atoms with Crippen LogP contribution in [-0.4, -0.2) is 47.3 Å². The molecule has 2 N–H and O–H groups in total. The van der Waals surface area contributed by atoms with Gasteiger partial charge in [-0.3, -0.25) is 4.90 Å². The summed E-state index contributed by atoms with van der Waals surface area (Å²) < 4.78 is 0. The van der Waals surface area contributed by atoms with E-state index in [2.05, 4.69) is 21.8 Å². The summed E-state index contributed by atoms with van der Waals surface area (Å²) in [5.74, 6) is 0.892. The van der Waals surface area contributed by atoms with Crippen molar-refractivity contribution in [2.75, 3.05) is 31.6 Å². The van der Waals surface area contributed by atoms with Crippen molar-refractivity contribution in [3.63, 3.8) is 0 Å². The van der Waals surface area contributed by atoms with Crippen LogP contribution < -0.4 is 5.32 Å². The molecule has 1 aliphatic heterocycles. The third-order valence-corrected chi connectivity index (χ3v) is 3.69. The van der Waals surface area contributed by atoms with E-state index in [1.54, 1.807) is 6.08 Å². The molecule has 1 atom stereocenters. The van der Waals surface area contributed by atoms with Crippen LogP contribution in [0.1, 0.15) is 24.8 Å². The molecule has 0 aliphatic carbocycles. The second-order valence-electron chi connectivity index (χ2n) is 4.98. The Morgan fingerprint density at radius 3 is 3.05 bits per heavy atom. The highest BCUT2D eigenvalue weighted by Crippen LogP contribution is 2.16. The average molecular weight is 261 g/mol. The Kier molecular flexibility index (Phi) is 5.36. The molecule has 19 heavy (non-hydrogen) atoms. The summed E-state index contributed by atoms with van der Waals surface area (Å²) in [7, 11) is 0. The zero-order chi connectivity index (χ0) is 13.5. The number of pyridine rings is 1. The molecule has 2 rings (SSSR count). The Balaban J connectivity index is 1.77. The first-order chi connectivity index (χ1) is 9.33. The predicted molar refractivity (Wildman–Crippen MR) is 79.1 cm³/mol. The highest BCUT2D eigenvalue weighted by molar-refractivity contribution is 5.48. The van der Waals surface area contributed by atoms with Crippen LogP contribution in [0.15, 0.2) is 24.9 Å².